The molecule has 0 saturated carbocycles. The van der Waals surface area contributed by atoms with Crippen LogP contribution in [0.5, 0.6) is 0 Å². The third-order valence-corrected chi connectivity index (χ3v) is 6.69. The van der Waals surface area contributed by atoms with Crippen molar-refractivity contribution in [3.8, 4) is 0 Å². The van der Waals surface area contributed by atoms with Crippen LogP contribution in [0.15, 0.2) is 53.0 Å². The largest absolute Gasteiger partial charge is 0.367 e. The van der Waals surface area contributed by atoms with E-state index in [4.69, 9.17) is 0 Å². The van der Waals surface area contributed by atoms with E-state index in [0.29, 0.717) is 29.0 Å². The van der Waals surface area contributed by atoms with Crippen molar-refractivity contribution in [2.24, 2.45) is 0 Å². The number of anilines is 1. The second-order valence-electron chi connectivity index (χ2n) is 7.45. The number of halogens is 1. The highest BCUT2D eigenvalue weighted by Crippen LogP contribution is 2.31. The lowest BCUT2D eigenvalue weighted by Gasteiger charge is -2.26. The molecule has 1 heterocycles. The highest BCUT2D eigenvalue weighted by Gasteiger charge is 2.26. The first-order valence-corrected chi connectivity index (χ1v) is 12.4. The molecule has 3 rings (SSSR count). The van der Waals surface area contributed by atoms with Gasteiger partial charge in [-0.2, -0.15) is 11.8 Å². The van der Waals surface area contributed by atoms with Crippen LogP contribution in [0.3, 0.4) is 0 Å². The van der Waals surface area contributed by atoms with Crippen LogP contribution in [0.4, 0.5) is 5.69 Å². The molecular weight excluding hydrogens is 462 g/mol. The first kappa shape index (κ1) is 22.7. The predicted molar refractivity (Wildman–Crippen MR) is 128 cm³/mol. The van der Waals surface area contributed by atoms with Crippen LogP contribution < -0.4 is 15.5 Å². The van der Waals surface area contributed by atoms with Gasteiger partial charge in [0.25, 0.3) is 5.91 Å². The van der Waals surface area contributed by atoms with Crippen LogP contribution in [0.25, 0.3) is 0 Å². The molecule has 7 heteroatoms. The van der Waals surface area contributed by atoms with Crippen molar-refractivity contribution >= 4 is 45.2 Å². The molecule has 1 aliphatic heterocycles. The first-order chi connectivity index (χ1) is 14.5. The van der Waals surface area contributed by atoms with Crippen molar-refractivity contribution in [3.63, 3.8) is 0 Å². The van der Waals surface area contributed by atoms with E-state index in [9.17, 15) is 9.59 Å². The van der Waals surface area contributed by atoms with Crippen molar-refractivity contribution < 1.29 is 9.59 Å². The summed E-state index contributed by atoms with van der Waals surface area (Å²) in [6, 6.07) is 15.5. The summed E-state index contributed by atoms with van der Waals surface area (Å²) in [6.45, 7) is 3.50. The molecule has 2 amide bonds. The summed E-state index contributed by atoms with van der Waals surface area (Å²) in [7, 11) is 0. The molecule has 0 radical (unpaired) electrons. The number of benzene rings is 2. The Morgan fingerprint density at radius 2 is 1.93 bits per heavy atom. The van der Waals surface area contributed by atoms with Crippen LogP contribution >= 0.6 is 27.7 Å². The Hall–Kier alpha value is -1.99. The summed E-state index contributed by atoms with van der Waals surface area (Å²) >= 11 is 5.07. The number of carbonyl (C=O) groups excluding carboxylic acids is 2. The van der Waals surface area contributed by atoms with Crippen molar-refractivity contribution in [1.82, 2.24) is 10.6 Å². The molecular formula is C23H28BrN3O2S. The summed E-state index contributed by atoms with van der Waals surface area (Å²) < 4.78 is 0.716. The van der Waals surface area contributed by atoms with E-state index >= 15 is 0 Å². The van der Waals surface area contributed by atoms with E-state index in [0.717, 1.165) is 18.7 Å². The smallest absolute Gasteiger partial charge is 0.253 e. The van der Waals surface area contributed by atoms with Gasteiger partial charge in [-0.05, 0) is 71.5 Å². The lowest BCUT2D eigenvalue weighted by Crippen LogP contribution is -2.49. The number of hydrogen-bond acceptors (Lipinski definition) is 4. The Morgan fingerprint density at radius 3 is 2.70 bits per heavy atom. The van der Waals surface area contributed by atoms with Gasteiger partial charge in [0.05, 0.1) is 5.56 Å². The highest BCUT2D eigenvalue weighted by atomic mass is 79.9. The number of nitrogens with one attached hydrogen (secondary N) is 2. The van der Waals surface area contributed by atoms with Gasteiger partial charge in [0.1, 0.15) is 6.04 Å². The van der Waals surface area contributed by atoms with Crippen LogP contribution in [0, 0.1) is 0 Å². The van der Waals surface area contributed by atoms with Gasteiger partial charge in [-0.3, -0.25) is 9.59 Å². The molecule has 0 fully saturated rings. The van der Waals surface area contributed by atoms with Gasteiger partial charge in [-0.25, -0.2) is 0 Å². The summed E-state index contributed by atoms with van der Waals surface area (Å²) in [5.41, 5.74) is 3.14. The molecule has 0 spiro atoms. The molecule has 2 aromatic rings. The van der Waals surface area contributed by atoms with Crippen molar-refractivity contribution in [3.05, 3.63) is 64.1 Å². The second kappa shape index (κ2) is 10.9. The quantitative estimate of drug-likeness (QED) is 0.561. The zero-order valence-corrected chi connectivity index (χ0v) is 19.8. The summed E-state index contributed by atoms with van der Waals surface area (Å²) in [5.74, 6) is 0.417. The van der Waals surface area contributed by atoms with Gasteiger partial charge in [-0.15, -0.1) is 0 Å². The molecule has 0 aromatic heterocycles. The topological polar surface area (TPSA) is 61.4 Å². The lowest BCUT2D eigenvalue weighted by molar-refractivity contribution is -0.122. The number of fused-ring (bicyclic) bond motifs is 1. The van der Waals surface area contributed by atoms with E-state index in [1.165, 1.54) is 11.3 Å². The highest BCUT2D eigenvalue weighted by molar-refractivity contribution is 9.10. The molecule has 5 nitrogen and oxygen atoms in total. The van der Waals surface area contributed by atoms with Gasteiger partial charge >= 0.3 is 0 Å². The SMILES string of the molecule is CSCCC(NC(=O)c1ccccc1Br)C(=O)NCCN1c2ccccc2CC1C. The van der Waals surface area contributed by atoms with E-state index in [1.54, 1.807) is 17.8 Å². The minimum Gasteiger partial charge on any atom is -0.367 e. The maximum Gasteiger partial charge on any atom is 0.253 e. The molecule has 2 N–H and O–H groups in total. The summed E-state index contributed by atoms with van der Waals surface area (Å²) in [5, 5.41) is 5.93. The summed E-state index contributed by atoms with van der Waals surface area (Å²) in [4.78, 5) is 27.8. The third kappa shape index (κ3) is 5.58. The fraction of sp³-hybridized carbons (Fsp3) is 0.391. The normalized spacial score (nSPS) is 16.1. The van der Waals surface area contributed by atoms with Gasteiger partial charge in [-0.1, -0.05) is 30.3 Å². The van der Waals surface area contributed by atoms with Crippen LogP contribution in [0.2, 0.25) is 0 Å². The van der Waals surface area contributed by atoms with Crippen molar-refractivity contribution in [2.75, 3.05) is 30.0 Å². The van der Waals surface area contributed by atoms with Gasteiger partial charge in [0, 0.05) is 29.3 Å². The zero-order valence-electron chi connectivity index (χ0n) is 17.4. The number of thioether (sulfide) groups is 1. The summed E-state index contributed by atoms with van der Waals surface area (Å²) in [6.07, 6.45) is 3.62. The Balaban J connectivity index is 1.57. The van der Waals surface area contributed by atoms with Crippen LogP contribution in [-0.2, 0) is 11.2 Å². The minimum absolute atomic E-state index is 0.135. The Labute approximate surface area is 191 Å². The fourth-order valence-corrected chi connectivity index (χ4v) is 4.72. The van der Waals surface area contributed by atoms with Gasteiger partial charge in [0.2, 0.25) is 5.91 Å². The van der Waals surface area contributed by atoms with Crippen molar-refractivity contribution in [1.29, 1.82) is 0 Å². The van der Waals surface area contributed by atoms with E-state index in [2.05, 4.69) is 62.7 Å². The third-order valence-electron chi connectivity index (χ3n) is 5.35. The molecule has 2 aromatic carbocycles. The van der Waals surface area contributed by atoms with Crippen molar-refractivity contribution in [2.45, 2.75) is 31.8 Å². The van der Waals surface area contributed by atoms with Gasteiger partial charge in [0.15, 0.2) is 0 Å². The predicted octanol–water partition coefficient (Wildman–Crippen LogP) is 3.87. The molecule has 30 heavy (non-hydrogen) atoms. The lowest BCUT2D eigenvalue weighted by atomic mass is 10.1. The zero-order chi connectivity index (χ0) is 21.5. The van der Waals surface area contributed by atoms with E-state index in [-0.39, 0.29) is 11.8 Å². The van der Waals surface area contributed by atoms with E-state index < -0.39 is 6.04 Å². The first-order valence-electron chi connectivity index (χ1n) is 10.2. The second-order valence-corrected chi connectivity index (χ2v) is 9.29. The maximum absolute atomic E-state index is 12.8. The number of hydrogen-bond donors (Lipinski definition) is 2. The minimum atomic E-state index is -0.555. The molecule has 0 aliphatic carbocycles. The molecule has 1 aliphatic rings. The molecule has 2 unspecified atom stereocenters. The number of nitrogens with zero attached hydrogens (tertiary/aromatic N) is 1. The molecule has 160 valence electrons. The fourth-order valence-electron chi connectivity index (χ4n) is 3.78. The number of rotatable bonds is 9. The van der Waals surface area contributed by atoms with E-state index in [1.807, 2.05) is 24.5 Å². The monoisotopic (exact) mass is 489 g/mol. The Bertz CT molecular complexity index is 892. The number of para-hydroxylation sites is 1. The van der Waals surface area contributed by atoms with Gasteiger partial charge < -0.3 is 15.5 Å². The molecule has 0 saturated heterocycles. The Kier molecular flexibility index (Phi) is 8.22. The number of carbonyl (C=O) groups is 2. The average molecular weight is 490 g/mol. The Morgan fingerprint density at radius 1 is 1.20 bits per heavy atom. The standard InChI is InChI=1S/C23H28BrN3O2S/c1-16-15-17-7-3-6-10-21(17)27(16)13-12-25-23(29)20(11-14-30-2)26-22(28)18-8-4-5-9-19(18)24/h3-10,16,20H,11-15H2,1-2H3,(H,25,29)(H,26,28). The maximum atomic E-state index is 12.8. The van der Waals surface area contributed by atoms with Crippen LogP contribution in [0.1, 0.15) is 29.3 Å². The van der Waals surface area contributed by atoms with Crippen LogP contribution in [-0.4, -0.2) is 49.0 Å². The average Bonchev–Trinajstić information content (AvgIpc) is 3.06. The number of amides is 2. The molecule has 2 atom stereocenters. The molecule has 0 bridgehead atoms.